The molecule has 0 atom stereocenters. The summed E-state index contributed by atoms with van der Waals surface area (Å²) in [5, 5.41) is 3.27. The van der Waals surface area contributed by atoms with E-state index < -0.39 is 0 Å². The highest BCUT2D eigenvalue weighted by atomic mass is 16.5. The van der Waals surface area contributed by atoms with E-state index in [1.54, 1.807) is 7.11 Å². The first-order valence-corrected chi connectivity index (χ1v) is 6.38. The number of ether oxygens (including phenoxy) is 1. The summed E-state index contributed by atoms with van der Waals surface area (Å²) in [6.07, 6.45) is 8.30. The smallest absolute Gasteiger partial charge is 0.160 e. The maximum atomic E-state index is 5.67. The Kier molecular flexibility index (Phi) is 4.07. The van der Waals surface area contributed by atoms with Crippen molar-refractivity contribution < 1.29 is 4.74 Å². The van der Waals surface area contributed by atoms with Gasteiger partial charge in [0, 0.05) is 31.6 Å². The van der Waals surface area contributed by atoms with E-state index in [0.717, 1.165) is 37.3 Å². The predicted octanol–water partition coefficient (Wildman–Crippen LogP) is 2.00. The number of aromatic nitrogens is 2. The van der Waals surface area contributed by atoms with Gasteiger partial charge in [0.05, 0.1) is 0 Å². The van der Waals surface area contributed by atoms with Crippen LogP contribution in [0.15, 0.2) is 12.4 Å². The highest BCUT2D eigenvalue weighted by Gasteiger charge is 2.38. The molecule has 0 unspecified atom stereocenters. The van der Waals surface area contributed by atoms with Gasteiger partial charge in [0.1, 0.15) is 5.60 Å². The van der Waals surface area contributed by atoms with Gasteiger partial charge in [-0.1, -0.05) is 6.92 Å². The minimum absolute atomic E-state index is 0.225. The Morgan fingerprint density at radius 3 is 2.47 bits per heavy atom. The molecule has 1 aromatic heterocycles. The molecule has 2 rings (SSSR count). The van der Waals surface area contributed by atoms with Gasteiger partial charge in [-0.15, -0.1) is 0 Å². The van der Waals surface area contributed by atoms with Gasteiger partial charge in [0.2, 0.25) is 0 Å². The standard InChI is InChI=1S/C13H21N3O/c1-3-14-8-11-9-15-12(16-10-11)13(17-2)6-4-5-7-13/h9-10,14H,3-8H2,1-2H3. The second kappa shape index (κ2) is 5.56. The highest BCUT2D eigenvalue weighted by molar-refractivity contribution is 5.11. The van der Waals surface area contributed by atoms with Crippen LogP contribution in [0.25, 0.3) is 0 Å². The largest absolute Gasteiger partial charge is 0.370 e. The molecule has 1 saturated carbocycles. The van der Waals surface area contributed by atoms with Crippen LogP contribution in [0.5, 0.6) is 0 Å². The lowest BCUT2D eigenvalue weighted by Crippen LogP contribution is -2.27. The summed E-state index contributed by atoms with van der Waals surface area (Å²) in [4.78, 5) is 8.96. The Hall–Kier alpha value is -1.00. The van der Waals surface area contributed by atoms with Gasteiger partial charge in [-0.2, -0.15) is 0 Å². The number of nitrogens with one attached hydrogen (secondary N) is 1. The Morgan fingerprint density at radius 2 is 1.94 bits per heavy atom. The van der Waals surface area contributed by atoms with Gasteiger partial charge in [-0.05, 0) is 32.2 Å². The van der Waals surface area contributed by atoms with Crippen LogP contribution in [-0.2, 0) is 16.9 Å². The average Bonchev–Trinajstić information content (AvgIpc) is 2.87. The fourth-order valence-electron chi connectivity index (χ4n) is 2.42. The number of rotatable bonds is 5. The van der Waals surface area contributed by atoms with Crippen molar-refractivity contribution in [2.24, 2.45) is 0 Å². The Morgan fingerprint density at radius 1 is 1.29 bits per heavy atom. The quantitative estimate of drug-likeness (QED) is 0.848. The summed E-state index contributed by atoms with van der Waals surface area (Å²) in [5.74, 6) is 0.845. The maximum absolute atomic E-state index is 5.67. The molecule has 94 valence electrons. The monoisotopic (exact) mass is 235 g/mol. The Labute approximate surface area is 103 Å². The lowest BCUT2D eigenvalue weighted by molar-refractivity contribution is -0.0163. The van der Waals surface area contributed by atoms with E-state index in [1.807, 2.05) is 12.4 Å². The fourth-order valence-corrected chi connectivity index (χ4v) is 2.42. The van der Waals surface area contributed by atoms with Gasteiger partial charge >= 0.3 is 0 Å². The first kappa shape index (κ1) is 12.5. The molecule has 0 aromatic carbocycles. The SMILES string of the molecule is CCNCc1cnc(C2(OC)CCCC2)nc1. The molecule has 0 radical (unpaired) electrons. The zero-order valence-corrected chi connectivity index (χ0v) is 10.7. The molecule has 1 heterocycles. The van der Waals surface area contributed by atoms with Crippen LogP contribution in [0.3, 0.4) is 0 Å². The number of hydrogen-bond donors (Lipinski definition) is 1. The number of nitrogens with zero attached hydrogens (tertiary/aromatic N) is 2. The molecule has 4 heteroatoms. The molecule has 0 aliphatic heterocycles. The van der Waals surface area contributed by atoms with E-state index in [9.17, 15) is 0 Å². The molecule has 1 aliphatic carbocycles. The fraction of sp³-hybridized carbons (Fsp3) is 0.692. The molecule has 1 aromatic rings. The molecular formula is C13H21N3O. The zero-order valence-electron chi connectivity index (χ0n) is 10.7. The molecule has 0 bridgehead atoms. The minimum Gasteiger partial charge on any atom is -0.370 e. The topological polar surface area (TPSA) is 47.0 Å². The molecule has 0 amide bonds. The van der Waals surface area contributed by atoms with Crippen LogP contribution in [0.2, 0.25) is 0 Å². The summed E-state index contributed by atoms with van der Waals surface area (Å²) in [6.45, 7) is 3.88. The van der Waals surface area contributed by atoms with E-state index in [4.69, 9.17) is 4.74 Å². The average molecular weight is 235 g/mol. The first-order valence-electron chi connectivity index (χ1n) is 6.38. The molecule has 4 nitrogen and oxygen atoms in total. The van der Waals surface area contributed by atoms with E-state index in [-0.39, 0.29) is 5.60 Å². The number of hydrogen-bond acceptors (Lipinski definition) is 4. The summed E-state index contributed by atoms with van der Waals surface area (Å²) >= 11 is 0. The Bertz CT molecular complexity index is 344. The molecule has 0 saturated heterocycles. The van der Waals surface area contributed by atoms with Crippen molar-refractivity contribution in [3.63, 3.8) is 0 Å². The van der Waals surface area contributed by atoms with E-state index >= 15 is 0 Å². The van der Waals surface area contributed by atoms with Crippen LogP contribution in [-0.4, -0.2) is 23.6 Å². The summed E-state index contributed by atoms with van der Waals surface area (Å²) in [6, 6.07) is 0. The third-order valence-electron chi connectivity index (χ3n) is 3.49. The van der Waals surface area contributed by atoms with Crippen LogP contribution in [0.1, 0.15) is 44.0 Å². The van der Waals surface area contributed by atoms with Crippen molar-refractivity contribution in [1.82, 2.24) is 15.3 Å². The van der Waals surface area contributed by atoms with Gasteiger partial charge < -0.3 is 10.1 Å². The van der Waals surface area contributed by atoms with Gasteiger partial charge in [0.25, 0.3) is 0 Å². The van der Waals surface area contributed by atoms with E-state index in [1.165, 1.54) is 12.8 Å². The zero-order chi connectivity index (χ0) is 12.1. The third-order valence-corrected chi connectivity index (χ3v) is 3.49. The minimum atomic E-state index is -0.225. The second-order valence-corrected chi connectivity index (χ2v) is 4.60. The molecule has 1 aliphatic rings. The van der Waals surface area contributed by atoms with Crippen molar-refractivity contribution in [2.75, 3.05) is 13.7 Å². The summed E-state index contributed by atoms with van der Waals surface area (Å²) < 4.78 is 5.67. The third kappa shape index (κ3) is 2.64. The predicted molar refractivity (Wildman–Crippen MR) is 66.6 cm³/mol. The van der Waals surface area contributed by atoms with E-state index in [2.05, 4.69) is 22.2 Å². The van der Waals surface area contributed by atoms with Crippen LogP contribution in [0.4, 0.5) is 0 Å². The highest BCUT2D eigenvalue weighted by Crippen LogP contribution is 2.39. The second-order valence-electron chi connectivity index (χ2n) is 4.60. The van der Waals surface area contributed by atoms with Gasteiger partial charge in [-0.25, -0.2) is 9.97 Å². The molecule has 17 heavy (non-hydrogen) atoms. The van der Waals surface area contributed by atoms with Crippen molar-refractivity contribution in [3.05, 3.63) is 23.8 Å². The normalized spacial score (nSPS) is 18.5. The van der Waals surface area contributed by atoms with Gasteiger partial charge in [0.15, 0.2) is 5.82 Å². The summed E-state index contributed by atoms with van der Waals surface area (Å²) in [7, 11) is 1.77. The van der Waals surface area contributed by atoms with Crippen molar-refractivity contribution in [1.29, 1.82) is 0 Å². The molecule has 0 spiro atoms. The van der Waals surface area contributed by atoms with Crippen LogP contribution < -0.4 is 5.32 Å². The van der Waals surface area contributed by atoms with E-state index in [0.29, 0.717) is 0 Å². The van der Waals surface area contributed by atoms with Crippen molar-refractivity contribution >= 4 is 0 Å². The molecule has 1 fully saturated rings. The lowest BCUT2D eigenvalue weighted by atomic mass is 10.0. The Balaban J connectivity index is 2.11. The first-order chi connectivity index (χ1) is 8.30. The summed E-state index contributed by atoms with van der Waals surface area (Å²) in [5.41, 5.74) is 0.899. The van der Waals surface area contributed by atoms with Gasteiger partial charge in [-0.3, -0.25) is 0 Å². The van der Waals surface area contributed by atoms with Crippen molar-refractivity contribution in [2.45, 2.75) is 44.8 Å². The molecular weight excluding hydrogens is 214 g/mol. The van der Waals surface area contributed by atoms with Crippen LogP contribution >= 0.6 is 0 Å². The van der Waals surface area contributed by atoms with Crippen molar-refractivity contribution in [3.8, 4) is 0 Å². The lowest BCUT2D eigenvalue weighted by Gasteiger charge is -2.25. The maximum Gasteiger partial charge on any atom is 0.160 e. The molecule has 1 N–H and O–H groups in total. The van der Waals surface area contributed by atoms with Crippen LogP contribution in [0, 0.1) is 0 Å². The number of methoxy groups -OCH3 is 1.